The summed E-state index contributed by atoms with van der Waals surface area (Å²) in [6.45, 7) is 5.88. The Bertz CT molecular complexity index is 977. The quantitative estimate of drug-likeness (QED) is 0.693. The molecule has 3 aliphatic rings. The minimum absolute atomic E-state index is 0.00558. The molecule has 1 spiro atoms. The van der Waals surface area contributed by atoms with E-state index in [1.165, 1.54) is 11.9 Å². The van der Waals surface area contributed by atoms with Gasteiger partial charge in [-0.1, -0.05) is 32.9 Å². The van der Waals surface area contributed by atoms with Gasteiger partial charge in [-0.25, -0.2) is 4.79 Å². The average molecular weight is 443 g/mol. The molecule has 9 heteroatoms. The molecule has 2 heterocycles. The highest BCUT2D eigenvalue weighted by atomic mass is 16.5. The lowest BCUT2D eigenvalue weighted by Crippen LogP contribution is -2.55. The zero-order valence-electron chi connectivity index (χ0n) is 18.9. The lowest BCUT2D eigenvalue weighted by Gasteiger charge is -2.43. The molecular weight excluding hydrogens is 412 g/mol. The van der Waals surface area contributed by atoms with E-state index in [2.05, 4.69) is 31.4 Å². The van der Waals surface area contributed by atoms with Gasteiger partial charge in [0, 0.05) is 7.05 Å². The van der Waals surface area contributed by atoms with Crippen LogP contribution in [-0.2, 0) is 14.4 Å². The maximum Gasteiger partial charge on any atom is 0.325 e. The number of benzene rings is 1. The highest BCUT2D eigenvalue weighted by Crippen LogP contribution is 2.46. The summed E-state index contributed by atoms with van der Waals surface area (Å²) in [5.41, 5.74) is -0.553. The predicted molar refractivity (Wildman–Crippen MR) is 117 cm³/mol. The van der Waals surface area contributed by atoms with E-state index in [1.54, 1.807) is 24.3 Å². The Morgan fingerprint density at radius 1 is 1.22 bits per heavy atom. The number of urea groups is 1. The van der Waals surface area contributed by atoms with Gasteiger partial charge in [0.1, 0.15) is 17.8 Å². The van der Waals surface area contributed by atoms with E-state index in [9.17, 15) is 19.2 Å². The number of carbonyl (C=O) groups is 4. The number of anilines is 1. The number of hydrogen-bond acceptors (Lipinski definition) is 5. The summed E-state index contributed by atoms with van der Waals surface area (Å²) in [4.78, 5) is 54.1. The fourth-order valence-electron chi connectivity index (χ4n) is 5.64. The Labute approximate surface area is 187 Å². The highest BCUT2D eigenvalue weighted by molar-refractivity contribution is 6.11. The third-order valence-electron chi connectivity index (χ3n) is 6.53. The van der Waals surface area contributed by atoms with Crippen molar-refractivity contribution in [2.45, 2.75) is 51.7 Å². The van der Waals surface area contributed by atoms with Gasteiger partial charge in [0.05, 0.1) is 12.2 Å². The molecule has 2 fully saturated rings. The fraction of sp³-hybridized carbons (Fsp3) is 0.565. The van der Waals surface area contributed by atoms with Crippen LogP contribution in [0.1, 0.15) is 40.0 Å². The molecule has 9 nitrogen and oxygen atoms in total. The van der Waals surface area contributed by atoms with Crippen LogP contribution in [0.5, 0.6) is 5.75 Å². The van der Waals surface area contributed by atoms with Gasteiger partial charge in [-0.05, 0) is 42.7 Å². The Morgan fingerprint density at radius 3 is 2.62 bits per heavy atom. The molecule has 1 saturated heterocycles. The number of amides is 5. The minimum atomic E-state index is -0.966. The highest BCUT2D eigenvalue weighted by Gasteiger charge is 2.56. The second kappa shape index (κ2) is 7.79. The first-order valence-electron chi connectivity index (χ1n) is 11.0. The molecule has 0 bridgehead atoms. The maximum absolute atomic E-state index is 13.4. The van der Waals surface area contributed by atoms with Crippen LogP contribution in [-0.4, -0.2) is 60.4 Å². The predicted octanol–water partition coefficient (Wildman–Crippen LogP) is 1.66. The van der Waals surface area contributed by atoms with Gasteiger partial charge in [0.2, 0.25) is 5.91 Å². The number of hydrogen-bond donors (Lipinski definition) is 2. The molecule has 5 amide bonds. The minimum Gasteiger partial charge on any atom is -0.477 e. The first-order chi connectivity index (χ1) is 15.0. The molecule has 172 valence electrons. The van der Waals surface area contributed by atoms with Crippen molar-refractivity contribution in [1.82, 2.24) is 15.5 Å². The smallest absolute Gasteiger partial charge is 0.325 e. The van der Waals surface area contributed by atoms with E-state index in [0.717, 1.165) is 11.3 Å². The van der Waals surface area contributed by atoms with Gasteiger partial charge in [-0.15, -0.1) is 0 Å². The van der Waals surface area contributed by atoms with Crippen LogP contribution in [0.3, 0.4) is 0 Å². The number of nitrogens with zero attached hydrogens (tertiary/aromatic N) is 2. The molecule has 0 aromatic heterocycles. The lowest BCUT2D eigenvalue weighted by molar-refractivity contribution is -0.137. The second-order valence-corrected chi connectivity index (χ2v) is 9.95. The van der Waals surface area contributed by atoms with Gasteiger partial charge in [-0.3, -0.25) is 19.3 Å². The molecule has 2 aliphatic heterocycles. The van der Waals surface area contributed by atoms with Crippen molar-refractivity contribution in [2.75, 3.05) is 25.0 Å². The molecule has 32 heavy (non-hydrogen) atoms. The maximum atomic E-state index is 13.4. The Kier molecular flexibility index (Phi) is 5.38. The van der Waals surface area contributed by atoms with Crippen LogP contribution in [0.4, 0.5) is 10.5 Å². The molecule has 4 rings (SSSR count). The summed E-state index contributed by atoms with van der Waals surface area (Å²) in [7, 11) is 1.50. The van der Waals surface area contributed by atoms with Gasteiger partial charge in [-0.2, -0.15) is 0 Å². The fourth-order valence-corrected chi connectivity index (χ4v) is 5.64. The van der Waals surface area contributed by atoms with Crippen LogP contribution < -0.4 is 20.3 Å². The summed E-state index contributed by atoms with van der Waals surface area (Å²) < 4.78 is 5.74. The third kappa shape index (κ3) is 3.80. The Morgan fingerprint density at radius 2 is 1.94 bits per heavy atom. The number of imide groups is 1. The molecular formula is C23H30N4O5. The topological polar surface area (TPSA) is 108 Å². The number of rotatable bonds is 3. The summed E-state index contributed by atoms with van der Waals surface area (Å²) in [6, 6.07) is 6.36. The van der Waals surface area contributed by atoms with Gasteiger partial charge >= 0.3 is 6.03 Å². The van der Waals surface area contributed by atoms with Crippen molar-refractivity contribution in [3.63, 3.8) is 0 Å². The number of para-hydroxylation sites is 2. The van der Waals surface area contributed by atoms with E-state index >= 15 is 0 Å². The third-order valence-corrected chi connectivity index (χ3v) is 6.53. The standard InChI is InChI=1S/C23H30N4O5/c1-14-9-22(2,3)13-23(10-14)20(30)27(21(31)25-23)12-18(28)26-11-17(19(29)24-4)32-16-8-6-5-7-15(16)26/h5-8,14,17H,9-13H2,1-4H3,(H,24,29)(H,25,31). The Hall–Kier alpha value is -3.10. The van der Waals surface area contributed by atoms with Gasteiger partial charge in [0.15, 0.2) is 6.10 Å². The summed E-state index contributed by atoms with van der Waals surface area (Å²) >= 11 is 0. The van der Waals surface area contributed by atoms with E-state index in [4.69, 9.17) is 4.74 Å². The summed E-state index contributed by atoms with van der Waals surface area (Å²) in [6.07, 6.45) is 1.19. The van der Waals surface area contributed by atoms with E-state index in [-0.39, 0.29) is 29.7 Å². The second-order valence-electron chi connectivity index (χ2n) is 9.95. The molecule has 2 N–H and O–H groups in total. The molecule has 1 aliphatic carbocycles. The zero-order chi connectivity index (χ0) is 23.3. The van der Waals surface area contributed by atoms with Crippen LogP contribution in [0.2, 0.25) is 0 Å². The molecule has 0 radical (unpaired) electrons. The van der Waals surface area contributed by atoms with Crippen LogP contribution in [0.25, 0.3) is 0 Å². The molecule has 1 saturated carbocycles. The Balaban J connectivity index is 1.56. The lowest BCUT2D eigenvalue weighted by atomic mass is 9.64. The first-order valence-corrected chi connectivity index (χ1v) is 11.0. The van der Waals surface area contributed by atoms with Crippen molar-refractivity contribution in [3.05, 3.63) is 24.3 Å². The molecule has 1 aromatic rings. The number of likely N-dealkylation sites (N-methyl/N-ethyl adjacent to an activating group) is 1. The van der Waals surface area contributed by atoms with Gasteiger partial charge < -0.3 is 20.3 Å². The van der Waals surface area contributed by atoms with Crippen LogP contribution >= 0.6 is 0 Å². The monoisotopic (exact) mass is 442 g/mol. The SMILES string of the molecule is CNC(=O)C1CN(C(=O)CN2C(=O)NC3(CC(C)CC(C)(C)C3)C2=O)c2ccccc2O1. The number of nitrogens with one attached hydrogen (secondary N) is 2. The van der Waals surface area contributed by atoms with Crippen molar-refractivity contribution in [3.8, 4) is 5.75 Å². The summed E-state index contributed by atoms with van der Waals surface area (Å²) in [5.74, 6) is -0.474. The number of fused-ring (bicyclic) bond motifs is 1. The van der Waals surface area contributed by atoms with E-state index in [0.29, 0.717) is 24.3 Å². The number of ether oxygens (including phenoxy) is 1. The molecule has 3 unspecified atom stereocenters. The zero-order valence-corrected chi connectivity index (χ0v) is 18.9. The van der Waals surface area contributed by atoms with Crippen molar-refractivity contribution in [2.24, 2.45) is 11.3 Å². The van der Waals surface area contributed by atoms with Crippen molar-refractivity contribution in [1.29, 1.82) is 0 Å². The van der Waals surface area contributed by atoms with Crippen LogP contribution in [0.15, 0.2) is 24.3 Å². The molecule has 3 atom stereocenters. The summed E-state index contributed by atoms with van der Waals surface area (Å²) in [5, 5.41) is 5.43. The van der Waals surface area contributed by atoms with Crippen molar-refractivity contribution >= 4 is 29.4 Å². The molecule has 1 aromatic carbocycles. The van der Waals surface area contributed by atoms with Gasteiger partial charge in [0.25, 0.3) is 11.8 Å². The van der Waals surface area contributed by atoms with E-state index < -0.39 is 30.1 Å². The van der Waals surface area contributed by atoms with Crippen LogP contribution in [0, 0.1) is 11.3 Å². The number of carbonyl (C=O) groups excluding carboxylic acids is 4. The average Bonchev–Trinajstić information content (AvgIpc) is 2.93. The first kappa shape index (κ1) is 22.1. The van der Waals surface area contributed by atoms with E-state index in [1.807, 2.05) is 0 Å². The largest absolute Gasteiger partial charge is 0.477 e. The van der Waals surface area contributed by atoms with Crippen molar-refractivity contribution < 1.29 is 23.9 Å². The normalized spacial score (nSPS) is 28.8.